The van der Waals surface area contributed by atoms with Gasteiger partial charge in [-0.2, -0.15) is 0 Å². The maximum atomic E-state index is 11.7. The zero-order valence-corrected chi connectivity index (χ0v) is 14.4. The number of aryl methyl sites for hydroxylation is 1. The molecule has 23 heavy (non-hydrogen) atoms. The molecule has 0 spiro atoms. The third kappa shape index (κ3) is 2.86. The Morgan fingerprint density at radius 3 is 2.65 bits per heavy atom. The number of thiophene rings is 1. The SMILES string of the molecule is OC1(c2cccs2)CC(N2CCCCC2)CCc2ccccc21. The second-order valence-electron chi connectivity index (χ2n) is 6.99. The van der Waals surface area contributed by atoms with E-state index in [4.69, 9.17) is 0 Å². The highest BCUT2D eigenvalue weighted by molar-refractivity contribution is 7.10. The van der Waals surface area contributed by atoms with Crippen LogP contribution in [0.25, 0.3) is 0 Å². The molecule has 1 aliphatic heterocycles. The summed E-state index contributed by atoms with van der Waals surface area (Å²) < 4.78 is 0. The molecule has 4 rings (SSSR count). The lowest BCUT2D eigenvalue weighted by Gasteiger charge is -2.38. The highest BCUT2D eigenvalue weighted by Crippen LogP contribution is 2.42. The molecular weight excluding hydrogens is 302 g/mol. The van der Waals surface area contributed by atoms with E-state index in [1.54, 1.807) is 11.3 Å². The van der Waals surface area contributed by atoms with Crippen molar-refractivity contribution in [1.29, 1.82) is 0 Å². The Labute approximate surface area is 142 Å². The lowest BCUT2D eigenvalue weighted by molar-refractivity contribution is 0.0322. The second-order valence-corrected chi connectivity index (χ2v) is 7.94. The second kappa shape index (κ2) is 6.39. The van der Waals surface area contributed by atoms with Crippen LogP contribution in [0.2, 0.25) is 0 Å². The maximum absolute atomic E-state index is 11.7. The van der Waals surface area contributed by atoms with Gasteiger partial charge in [-0.1, -0.05) is 36.8 Å². The third-order valence-corrected chi connectivity index (χ3v) is 6.60. The van der Waals surface area contributed by atoms with E-state index in [0.29, 0.717) is 6.04 Å². The van der Waals surface area contributed by atoms with Crippen molar-refractivity contribution >= 4 is 11.3 Å². The van der Waals surface area contributed by atoms with Gasteiger partial charge in [0.05, 0.1) is 0 Å². The molecule has 2 atom stereocenters. The molecular formula is C20H25NOS. The molecule has 2 aromatic rings. The lowest BCUT2D eigenvalue weighted by atomic mass is 9.85. The molecule has 0 saturated carbocycles. The van der Waals surface area contributed by atoms with E-state index in [1.165, 1.54) is 37.9 Å². The zero-order chi connectivity index (χ0) is 15.7. The number of rotatable bonds is 2. The summed E-state index contributed by atoms with van der Waals surface area (Å²) in [4.78, 5) is 3.72. The average Bonchev–Trinajstić information content (AvgIpc) is 3.10. The molecule has 2 nitrogen and oxygen atoms in total. The average molecular weight is 327 g/mol. The zero-order valence-electron chi connectivity index (χ0n) is 13.6. The standard InChI is InChI=1S/C20H25NOS/c22-20(19-9-6-14-23-19)15-17(21-12-4-1-5-13-21)11-10-16-7-2-3-8-18(16)20/h2-3,6-9,14,17,22H,1,4-5,10-13,15H2. The smallest absolute Gasteiger partial charge is 0.125 e. The largest absolute Gasteiger partial charge is 0.379 e. The molecule has 2 heterocycles. The Morgan fingerprint density at radius 1 is 1.04 bits per heavy atom. The van der Waals surface area contributed by atoms with E-state index in [0.717, 1.165) is 29.7 Å². The van der Waals surface area contributed by atoms with Crippen molar-refractivity contribution in [3.05, 3.63) is 57.8 Å². The maximum Gasteiger partial charge on any atom is 0.125 e. The molecule has 2 aliphatic rings. The van der Waals surface area contributed by atoms with E-state index in [2.05, 4.69) is 46.7 Å². The van der Waals surface area contributed by atoms with Crippen molar-refractivity contribution in [2.45, 2.75) is 50.2 Å². The van der Waals surface area contributed by atoms with Crippen molar-refractivity contribution in [2.24, 2.45) is 0 Å². The van der Waals surface area contributed by atoms with Gasteiger partial charge in [0.1, 0.15) is 5.60 Å². The van der Waals surface area contributed by atoms with Gasteiger partial charge in [0.2, 0.25) is 0 Å². The number of benzene rings is 1. The summed E-state index contributed by atoms with van der Waals surface area (Å²) in [6, 6.07) is 13.1. The minimum Gasteiger partial charge on any atom is -0.379 e. The first kappa shape index (κ1) is 15.4. The Balaban J connectivity index is 1.73. The number of piperidine rings is 1. The fourth-order valence-electron chi connectivity index (χ4n) is 4.36. The van der Waals surface area contributed by atoms with Crippen LogP contribution < -0.4 is 0 Å². The number of hydrogen-bond acceptors (Lipinski definition) is 3. The highest BCUT2D eigenvalue weighted by atomic mass is 32.1. The van der Waals surface area contributed by atoms with Crippen LogP contribution >= 0.6 is 11.3 Å². The van der Waals surface area contributed by atoms with Crippen LogP contribution in [0.4, 0.5) is 0 Å². The Kier molecular flexibility index (Phi) is 4.27. The summed E-state index contributed by atoms with van der Waals surface area (Å²) in [7, 11) is 0. The summed E-state index contributed by atoms with van der Waals surface area (Å²) in [5, 5.41) is 13.8. The van der Waals surface area contributed by atoms with Crippen LogP contribution in [0.5, 0.6) is 0 Å². The van der Waals surface area contributed by atoms with Gasteiger partial charge in [-0.25, -0.2) is 0 Å². The molecule has 0 bridgehead atoms. The molecule has 1 aromatic carbocycles. The predicted molar refractivity (Wildman–Crippen MR) is 95.9 cm³/mol. The molecule has 122 valence electrons. The summed E-state index contributed by atoms with van der Waals surface area (Å²) in [6.45, 7) is 2.39. The van der Waals surface area contributed by atoms with Crippen molar-refractivity contribution in [3.8, 4) is 0 Å². The third-order valence-electron chi connectivity index (χ3n) is 5.58. The van der Waals surface area contributed by atoms with Gasteiger partial charge >= 0.3 is 0 Å². The van der Waals surface area contributed by atoms with E-state index >= 15 is 0 Å². The molecule has 1 aliphatic carbocycles. The lowest BCUT2D eigenvalue weighted by Crippen LogP contribution is -2.43. The summed E-state index contributed by atoms with van der Waals surface area (Å²) in [5.74, 6) is 0. The molecule has 1 aromatic heterocycles. The fourth-order valence-corrected chi connectivity index (χ4v) is 5.21. The first-order valence-corrected chi connectivity index (χ1v) is 9.74. The quantitative estimate of drug-likeness (QED) is 0.837. The van der Waals surface area contributed by atoms with E-state index in [-0.39, 0.29) is 0 Å². The van der Waals surface area contributed by atoms with Crippen LogP contribution in [0.15, 0.2) is 41.8 Å². The van der Waals surface area contributed by atoms with Crippen molar-refractivity contribution in [2.75, 3.05) is 13.1 Å². The minimum absolute atomic E-state index is 0.481. The van der Waals surface area contributed by atoms with Gasteiger partial charge in [0.25, 0.3) is 0 Å². The van der Waals surface area contributed by atoms with Crippen LogP contribution in [0.1, 0.15) is 48.1 Å². The molecule has 3 heteroatoms. The number of aliphatic hydroxyl groups is 1. The van der Waals surface area contributed by atoms with Crippen LogP contribution in [0.3, 0.4) is 0 Å². The number of nitrogens with zero attached hydrogens (tertiary/aromatic N) is 1. The normalized spacial score (nSPS) is 29.0. The number of fused-ring (bicyclic) bond motifs is 1. The molecule has 0 amide bonds. The van der Waals surface area contributed by atoms with Crippen molar-refractivity contribution in [3.63, 3.8) is 0 Å². The molecule has 1 N–H and O–H groups in total. The Bertz CT molecular complexity index is 647. The monoisotopic (exact) mass is 327 g/mol. The molecule has 2 unspecified atom stereocenters. The van der Waals surface area contributed by atoms with Crippen molar-refractivity contribution < 1.29 is 5.11 Å². The Morgan fingerprint density at radius 2 is 1.87 bits per heavy atom. The van der Waals surface area contributed by atoms with E-state index in [1.807, 2.05) is 0 Å². The van der Waals surface area contributed by atoms with Crippen molar-refractivity contribution in [1.82, 2.24) is 4.90 Å². The molecule has 0 radical (unpaired) electrons. The first-order valence-electron chi connectivity index (χ1n) is 8.86. The van der Waals surface area contributed by atoms with Gasteiger partial charge < -0.3 is 10.0 Å². The molecule has 1 saturated heterocycles. The van der Waals surface area contributed by atoms with Gasteiger partial charge in [0.15, 0.2) is 0 Å². The highest BCUT2D eigenvalue weighted by Gasteiger charge is 2.40. The first-order chi connectivity index (χ1) is 11.3. The number of likely N-dealkylation sites (tertiary alicyclic amines) is 1. The minimum atomic E-state index is -0.830. The van der Waals surface area contributed by atoms with Gasteiger partial charge in [-0.05, 0) is 61.3 Å². The van der Waals surface area contributed by atoms with Crippen LogP contribution in [0, 0.1) is 0 Å². The van der Waals surface area contributed by atoms with Gasteiger partial charge in [-0.3, -0.25) is 0 Å². The topological polar surface area (TPSA) is 23.5 Å². The summed E-state index contributed by atoms with van der Waals surface area (Å²) >= 11 is 1.68. The van der Waals surface area contributed by atoms with E-state index < -0.39 is 5.60 Å². The van der Waals surface area contributed by atoms with Gasteiger partial charge in [0, 0.05) is 17.3 Å². The summed E-state index contributed by atoms with van der Waals surface area (Å²) in [5.41, 5.74) is 1.62. The number of hydrogen-bond donors (Lipinski definition) is 1. The van der Waals surface area contributed by atoms with Crippen LogP contribution in [-0.4, -0.2) is 29.1 Å². The molecule has 1 fully saturated rings. The Hall–Kier alpha value is -1.16. The van der Waals surface area contributed by atoms with Gasteiger partial charge in [-0.15, -0.1) is 11.3 Å². The predicted octanol–water partition coefficient (Wildman–Crippen LogP) is 4.17. The van der Waals surface area contributed by atoms with E-state index in [9.17, 15) is 5.11 Å². The van der Waals surface area contributed by atoms with Crippen LogP contribution in [-0.2, 0) is 12.0 Å². The summed E-state index contributed by atoms with van der Waals surface area (Å²) in [6.07, 6.45) is 7.03. The fraction of sp³-hybridized carbons (Fsp3) is 0.500.